The Balaban J connectivity index is 1.48. The Morgan fingerprint density at radius 1 is 1.21 bits per heavy atom. The maximum absolute atomic E-state index is 12.3. The van der Waals surface area contributed by atoms with Crippen LogP contribution in [0.5, 0.6) is 5.88 Å². The molecule has 1 aromatic carbocycles. The van der Waals surface area contributed by atoms with Gasteiger partial charge in [-0.1, -0.05) is 29.3 Å². The van der Waals surface area contributed by atoms with Crippen molar-refractivity contribution >= 4 is 46.2 Å². The van der Waals surface area contributed by atoms with E-state index in [1.54, 1.807) is 37.6 Å². The van der Waals surface area contributed by atoms with Gasteiger partial charge in [-0.25, -0.2) is 9.67 Å². The van der Waals surface area contributed by atoms with E-state index in [9.17, 15) is 4.79 Å². The lowest BCUT2D eigenvalue weighted by Gasteiger charge is -2.22. The lowest BCUT2D eigenvalue weighted by Crippen LogP contribution is -2.25. The first-order chi connectivity index (χ1) is 16.4. The van der Waals surface area contributed by atoms with Crippen molar-refractivity contribution in [3.63, 3.8) is 0 Å². The number of nitrogens with zero attached hydrogens (tertiary/aromatic N) is 4. The molecule has 1 aliphatic rings. The maximum atomic E-state index is 12.3. The second-order valence-corrected chi connectivity index (χ2v) is 8.99. The molecule has 0 radical (unpaired) electrons. The van der Waals surface area contributed by atoms with Crippen molar-refractivity contribution in [1.29, 1.82) is 0 Å². The fourth-order valence-corrected chi connectivity index (χ4v) is 4.66. The van der Waals surface area contributed by atoms with E-state index in [-0.39, 0.29) is 5.92 Å². The fraction of sp³-hybridized carbons (Fsp3) is 0.200. The summed E-state index contributed by atoms with van der Waals surface area (Å²) in [6, 6.07) is 10.8. The molecule has 5 rings (SSSR count). The Kier molecular flexibility index (Phi) is 5.98. The molecule has 1 amide bonds. The van der Waals surface area contributed by atoms with Crippen LogP contribution in [0.4, 0.5) is 0 Å². The number of aryl methyl sites for hydroxylation is 1. The molecule has 0 fully saturated rings. The maximum Gasteiger partial charge on any atom is 0.244 e. The Morgan fingerprint density at radius 2 is 2.06 bits per heavy atom. The monoisotopic (exact) mass is 493 g/mol. The molecular formula is C25H21Cl2N5O2. The van der Waals surface area contributed by atoms with Crippen molar-refractivity contribution in [2.24, 2.45) is 11.7 Å². The lowest BCUT2D eigenvalue weighted by molar-refractivity contribution is -0.115. The highest BCUT2D eigenvalue weighted by Gasteiger charge is 2.27. The molecule has 1 unspecified atom stereocenters. The van der Waals surface area contributed by atoms with E-state index < -0.39 is 5.91 Å². The number of methoxy groups -OCH3 is 1. The summed E-state index contributed by atoms with van der Waals surface area (Å²) in [6.45, 7) is 0. The first kappa shape index (κ1) is 22.4. The van der Waals surface area contributed by atoms with E-state index in [0.717, 1.165) is 40.9 Å². The van der Waals surface area contributed by atoms with Gasteiger partial charge < -0.3 is 10.5 Å². The van der Waals surface area contributed by atoms with Gasteiger partial charge in [0.15, 0.2) is 0 Å². The molecule has 0 bridgehead atoms. The summed E-state index contributed by atoms with van der Waals surface area (Å²) in [5.74, 6) is 0.0464. The predicted octanol–water partition coefficient (Wildman–Crippen LogP) is 4.80. The van der Waals surface area contributed by atoms with Crippen molar-refractivity contribution in [1.82, 2.24) is 19.7 Å². The van der Waals surface area contributed by atoms with Gasteiger partial charge in [-0.05, 0) is 66.6 Å². The van der Waals surface area contributed by atoms with Gasteiger partial charge in [-0.3, -0.25) is 9.78 Å². The van der Waals surface area contributed by atoms with Crippen LogP contribution in [0.25, 0.3) is 22.8 Å². The predicted molar refractivity (Wildman–Crippen MR) is 132 cm³/mol. The topological polar surface area (TPSA) is 95.9 Å². The van der Waals surface area contributed by atoms with Crippen LogP contribution < -0.4 is 10.5 Å². The number of hydrogen-bond donors (Lipinski definition) is 1. The standard InChI is InChI=1S/C25H21Cl2N5O2/c1-34-23-7-6-21-24(30-23)22(8-9-29-21)32-13-16-12-15(3-5-20(16)31-32)17(25(28)33)10-14-2-4-18(26)19(27)11-14/h2,4,6-11,13,15H,3,5,12H2,1H3,(H2,28,33). The molecule has 0 saturated carbocycles. The Hall–Kier alpha value is -3.42. The Labute approximate surface area is 206 Å². The number of aromatic nitrogens is 4. The molecule has 0 spiro atoms. The minimum atomic E-state index is -0.441. The summed E-state index contributed by atoms with van der Waals surface area (Å²) in [4.78, 5) is 21.3. The Morgan fingerprint density at radius 3 is 2.82 bits per heavy atom. The third-order valence-electron chi connectivity index (χ3n) is 6.06. The third-order valence-corrected chi connectivity index (χ3v) is 6.80. The molecule has 1 atom stereocenters. The van der Waals surface area contributed by atoms with Gasteiger partial charge in [0.25, 0.3) is 0 Å². The summed E-state index contributed by atoms with van der Waals surface area (Å²) < 4.78 is 7.12. The van der Waals surface area contributed by atoms with E-state index in [4.69, 9.17) is 38.8 Å². The zero-order valence-corrected chi connectivity index (χ0v) is 19.8. The number of fused-ring (bicyclic) bond motifs is 2. The second kappa shape index (κ2) is 9.08. The Bertz CT molecular complexity index is 1450. The van der Waals surface area contributed by atoms with Gasteiger partial charge in [0, 0.05) is 24.0 Å². The largest absolute Gasteiger partial charge is 0.481 e. The number of rotatable bonds is 5. The van der Waals surface area contributed by atoms with Gasteiger partial charge in [-0.2, -0.15) is 5.10 Å². The van der Waals surface area contributed by atoms with Crippen LogP contribution in [-0.2, 0) is 17.6 Å². The molecule has 3 heterocycles. The van der Waals surface area contributed by atoms with Gasteiger partial charge in [0.1, 0.15) is 5.52 Å². The summed E-state index contributed by atoms with van der Waals surface area (Å²) in [7, 11) is 1.58. The molecule has 1 aliphatic carbocycles. The molecule has 2 N–H and O–H groups in total. The minimum Gasteiger partial charge on any atom is -0.481 e. The van der Waals surface area contributed by atoms with E-state index in [1.807, 2.05) is 29.1 Å². The average Bonchev–Trinajstić information content (AvgIpc) is 3.27. The van der Waals surface area contributed by atoms with Crippen LogP contribution in [0, 0.1) is 5.92 Å². The summed E-state index contributed by atoms with van der Waals surface area (Å²) in [5, 5.41) is 5.71. The number of halogens is 2. The molecule has 7 nitrogen and oxygen atoms in total. The number of primary amides is 1. The molecule has 4 aromatic rings. The molecule has 0 saturated heterocycles. The normalized spacial score (nSPS) is 15.9. The van der Waals surface area contributed by atoms with Crippen molar-refractivity contribution in [3.8, 4) is 11.6 Å². The van der Waals surface area contributed by atoms with Crippen LogP contribution in [0.1, 0.15) is 23.2 Å². The second-order valence-electron chi connectivity index (χ2n) is 8.17. The van der Waals surface area contributed by atoms with E-state index in [1.165, 1.54) is 0 Å². The third kappa shape index (κ3) is 4.24. The number of nitrogens with two attached hydrogens (primary N) is 1. The van der Waals surface area contributed by atoms with Crippen LogP contribution in [-0.4, -0.2) is 32.8 Å². The molecular weight excluding hydrogens is 473 g/mol. The van der Waals surface area contributed by atoms with E-state index in [2.05, 4.69) is 9.97 Å². The molecule has 34 heavy (non-hydrogen) atoms. The summed E-state index contributed by atoms with van der Waals surface area (Å²) in [5.41, 5.74) is 11.5. The highest BCUT2D eigenvalue weighted by atomic mass is 35.5. The number of hydrogen-bond acceptors (Lipinski definition) is 5. The van der Waals surface area contributed by atoms with E-state index >= 15 is 0 Å². The van der Waals surface area contributed by atoms with Crippen LogP contribution >= 0.6 is 23.2 Å². The van der Waals surface area contributed by atoms with Gasteiger partial charge >= 0.3 is 0 Å². The number of amides is 1. The number of benzene rings is 1. The zero-order valence-electron chi connectivity index (χ0n) is 18.3. The molecule has 9 heteroatoms. The van der Waals surface area contributed by atoms with Gasteiger partial charge in [-0.15, -0.1) is 0 Å². The van der Waals surface area contributed by atoms with Crippen molar-refractivity contribution in [3.05, 3.63) is 81.2 Å². The zero-order chi connectivity index (χ0) is 23.8. The van der Waals surface area contributed by atoms with Crippen molar-refractivity contribution in [2.75, 3.05) is 7.11 Å². The first-order valence-electron chi connectivity index (χ1n) is 10.8. The summed E-state index contributed by atoms with van der Waals surface area (Å²) >= 11 is 12.2. The molecule has 172 valence electrons. The van der Waals surface area contributed by atoms with Crippen LogP contribution in [0.15, 0.2) is 54.4 Å². The quantitative estimate of drug-likeness (QED) is 0.402. The van der Waals surface area contributed by atoms with Crippen LogP contribution in [0.2, 0.25) is 10.0 Å². The first-order valence-corrected chi connectivity index (χ1v) is 11.5. The minimum absolute atomic E-state index is 0.0236. The smallest absolute Gasteiger partial charge is 0.244 e. The van der Waals surface area contributed by atoms with Crippen molar-refractivity contribution in [2.45, 2.75) is 19.3 Å². The van der Waals surface area contributed by atoms with E-state index in [0.29, 0.717) is 33.4 Å². The average molecular weight is 494 g/mol. The number of carbonyl (C=O) groups excluding carboxylic acids is 1. The summed E-state index contributed by atoms with van der Waals surface area (Å²) in [6.07, 6.45) is 7.69. The SMILES string of the molecule is COc1ccc2nccc(-n3cc4c(n3)CCC(C(=Cc3ccc(Cl)c(Cl)c3)C(N)=O)C4)c2n1. The molecule has 0 aliphatic heterocycles. The lowest BCUT2D eigenvalue weighted by atomic mass is 9.82. The van der Waals surface area contributed by atoms with Gasteiger partial charge in [0.2, 0.25) is 11.8 Å². The highest BCUT2D eigenvalue weighted by molar-refractivity contribution is 6.42. The van der Waals surface area contributed by atoms with Gasteiger partial charge in [0.05, 0.1) is 34.1 Å². The highest BCUT2D eigenvalue weighted by Crippen LogP contribution is 2.33. The number of ether oxygens (including phenoxy) is 1. The van der Waals surface area contributed by atoms with Crippen molar-refractivity contribution < 1.29 is 9.53 Å². The van der Waals surface area contributed by atoms with Crippen LogP contribution in [0.3, 0.4) is 0 Å². The fourth-order valence-electron chi connectivity index (χ4n) is 4.36. The number of pyridine rings is 2. The number of carbonyl (C=O) groups is 1. The molecule has 3 aromatic heterocycles.